The van der Waals surface area contributed by atoms with Crippen LogP contribution in [0.25, 0.3) is 0 Å². The number of alkyl halides is 6. The standard InChI is InChI=1S/C22H25F6NO4/c23-21(24,25)17-10-16(7-8-20(29,13-30)14-31)11-19(12-17)32-9-1-2-15-3-5-18(6-4-15)33-22(26,27)28/h3-6,10-12,30-31H,1-2,7-9,13-14,29H2. The molecule has 0 saturated carbocycles. The van der Waals surface area contributed by atoms with Crippen LogP contribution in [-0.2, 0) is 19.0 Å². The van der Waals surface area contributed by atoms with Crippen molar-refractivity contribution < 1.29 is 46.0 Å². The van der Waals surface area contributed by atoms with E-state index in [0.717, 1.165) is 12.1 Å². The molecule has 0 bridgehead atoms. The van der Waals surface area contributed by atoms with Gasteiger partial charge in [0.05, 0.1) is 30.9 Å². The Morgan fingerprint density at radius 1 is 0.788 bits per heavy atom. The van der Waals surface area contributed by atoms with E-state index in [4.69, 9.17) is 10.5 Å². The molecule has 0 heterocycles. The van der Waals surface area contributed by atoms with E-state index in [1.165, 1.54) is 30.3 Å². The molecule has 0 spiro atoms. The molecule has 0 aliphatic heterocycles. The normalized spacial score (nSPS) is 12.6. The first-order valence-electron chi connectivity index (χ1n) is 10.0. The van der Waals surface area contributed by atoms with Gasteiger partial charge in [-0.1, -0.05) is 12.1 Å². The van der Waals surface area contributed by atoms with Crippen molar-refractivity contribution in [3.05, 3.63) is 59.2 Å². The lowest BCUT2D eigenvalue weighted by Gasteiger charge is -2.24. The molecule has 0 amide bonds. The average Bonchev–Trinajstić information content (AvgIpc) is 2.74. The van der Waals surface area contributed by atoms with Crippen LogP contribution in [0.15, 0.2) is 42.5 Å². The van der Waals surface area contributed by atoms with Gasteiger partial charge in [0.1, 0.15) is 11.5 Å². The SMILES string of the molecule is NC(CO)(CO)CCc1cc(OCCCc2ccc(OC(F)(F)F)cc2)cc(C(F)(F)F)c1. The molecule has 0 unspecified atom stereocenters. The van der Waals surface area contributed by atoms with Gasteiger partial charge >= 0.3 is 12.5 Å². The highest BCUT2D eigenvalue weighted by molar-refractivity contribution is 5.36. The highest BCUT2D eigenvalue weighted by Crippen LogP contribution is 2.33. The van der Waals surface area contributed by atoms with Crippen molar-refractivity contribution in [3.8, 4) is 11.5 Å². The second-order valence-corrected chi connectivity index (χ2v) is 7.69. The molecule has 33 heavy (non-hydrogen) atoms. The summed E-state index contributed by atoms with van der Waals surface area (Å²) in [4.78, 5) is 0. The third kappa shape index (κ3) is 9.10. The quantitative estimate of drug-likeness (QED) is 0.331. The first-order valence-corrected chi connectivity index (χ1v) is 10.0. The number of hydrogen-bond acceptors (Lipinski definition) is 5. The minimum Gasteiger partial charge on any atom is -0.494 e. The third-order valence-corrected chi connectivity index (χ3v) is 4.87. The Hall–Kier alpha value is -2.50. The molecule has 0 radical (unpaired) electrons. The van der Waals surface area contributed by atoms with Gasteiger partial charge in [0.25, 0.3) is 0 Å². The Balaban J connectivity index is 1.97. The maximum atomic E-state index is 13.3. The number of hydrogen-bond donors (Lipinski definition) is 3. The van der Waals surface area contributed by atoms with Gasteiger partial charge in [-0.15, -0.1) is 13.2 Å². The van der Waals surface area contributed by atoms with Gasteiger partial charge in [-0.3, -0.25) is 0 Å². The maximum Gasteiger partial charge on any atom is 0.573 e. The molecule has 0 aromatic heterocycles. The summed E-state index contributed by atoms with van der Waals surface area (Å²) in [6.07, 6.45) is -8.38. The zero-order chi connectivity index (χ0) is 24.7. The van der Waals surface area contributed by atoms with Crippen molar-refractivity contribution in [2.45, 2.75) is 43.8 Å². The highest BCUT2D eigenvalue weighted by atomic mass is 19.4. The van der Waals surface area contributed by atoms with Crippen molar-refractivity contribution >= 4 is 0 Å². The zero-order valence-electron chi connectivity index (χ0n) is 17.5. The number of nitrogens with two attached hydrogens (primary N) is 1. The molecule has 2 rings (SSSR count). The Bertz CT molecular complexity index is 880. The maximum absolute atomic E-state index is 13.3. The molecule has 2 aromatic rings. The average molecular weight is 481 g/mol. The van der Waals surface area contributed by atoms with Crippen LogP contribution in [0.4, 0.5) is 26.3 Å². The molecular weight excluding hydrogens is 456 g/mol. The summed E-state index contributed by atoms with van der Waals surface area (Å²) in [6, 6.07) is 8.56. The van der Waals surface area contributed by atoms with Crippen LogP contribution < -0.4 is 15.2 Å². The van der Waals surface area contributed by atoms with E-state index < -0.39 is 36.9 Å². The van der Waals surface area contributed by atoms with E-state index in [9.17, 15) is 36.6 Å². The Morgan fingerprint density at radius 2 is 1.42 bits per heavy atom. The van der Waals surface area contributed by atoms with E-state index in [1.54, 1.807) is 0 Å². The second kappa shape index (κ2) is 11.1. The first kappa shape index (κ1) is 26.7. The van der Waals surface area contributed by atoms with E-state index in [-0.39, 0.29) is 36.5 Å². The number of aliphatic hydroxyl groups is 2. The lowest BCUT2D eigenvalue weighted by Crippen LogP contribution is -2.47. The Kier molecular flexibility index (Phi) is 8.98. The van der Waals surface area contributed by atoms with E-state index >= 15 is 0 Å². The van der Waals surface area contributed by atoms with Crippen LogP contribution in [0.3, 0.4) is 0 Å². The zero-order valence-corrected chi connectivity index (χ0v) is 17.5. The van der Waals surface area contributed by atoms with Crippen molar-refractivity contribution in [1.29, 1.82) is 0 Å². The highest BCUT2D eigenvalue weighted by Gasteiger charge is 2.32. The molecule has 0 saturated heterocycles. The summed E-state index contributed by atoms with van der Waals surface area (Å²) in [6.45, 7) is -0.958. The largest absolute Gasteiger partial charge is 0.573 e. The topological polar surface area (TPSA) is 84.9 Å². The summed E-state index contributed by atoms with van der Waals surface area (Å²) in [5, 5.41) is 18.5. The van der Waals surface area contributed by atoms with Crippen LogP contribution in [0.2, 0.25) is 0 Å². The van der Waals surface area contributed by atoms with Gasteiger partial charge in [0, 0.05) is 0 Å². The minimum atomic E-state index is -4.78. The molecule has 0 atom stereocenters. The summed E-state index contributed by atoms with van der Waals surface area (Å²) in [5.74, 6) is -0.341. The molecule has 4 N–H and O–H groups in total. The van der Waals surface area contributed by atoms with E-state index in [2.05, 4.69) is 4.74 Å². The fourth-order valence-electron chi connectivity index (χ4n) is 2.98. The van der Waals surface area contributed by atoms with Gasteiger partial charge in [-0.25, -0.2) is 0 Å². The fourth-order valence-corrected chi connectivity index (χ4v) is 2.98. The van der Waals surface area contributed by atoms with Crippen LogP contribution in [0, 0.1) is 0 Å². The first-order chi connectivity index (χ1) is 15.3. The molecule has 0 fully saturated rings. The number of aryl methyl sites for hydroxylation is 2. The monoisotopic (exact) mass is 481 g/mol. The number of ether oxygens (including phenoxy) is 2. The number of halogens is 6. The molecule has 0 aliphatic carbocycles. The Morgan fingerprint density at radius 3 is 1.97 bits per heavy atom. The van der Waals surface area contributed by atoms with Gasteiger partial charge in [0.15, 0.2) is 0 Å². The molecular formula is C22H25F6NO4. The number of aliphatic hydroxyl groups excluding tert-OH is 2. The van der Waals surface area contributed by atoms with Gasteiger partial charge in [0.2, 0.25) is 0 Å². The smallest absolute Gasteiger partial charge is 0.494 e. The fraction of sp³-hybridized carbons (Fsp3) is 0.455. The summed E-state index contributed by atoms with van der Waals surface area (Å²) < 4.78 is 85.6. The van der Waals surface area contributed by atoms with Crippen LogP contribution in [-0.4, -0.2) is 41.9 Å². The lowest BCUT2D eigenvalue weighted by atomic mass is 9.93. The second-order valence-electron chi connectivity index (χ2n) is 7.69. The Labute approximate surface area is 186 Å². The third-order valence-electron chi connectivity index (χ3n) is 4.87. The van der Waals surface area contributed by atoms with Crippen molar-refractivity contribution in [3.63, 3.8) is 0 Å². The minimum absolute atomic E-state index is 0.00404. The van der Waals surface area contributed by atoms with Gasteiger partial charge < -0.3 is 25.4 Å². The predicted molar refractivity (Wildman–Crippen MR) is 108 cm³/mol. The van der Waals surface area contributed by atoms with Crippen LogP contribution in [0.5, 0.6) is 11.5 Å². The number of rotatable bonds is 11. The van der Waals surface area contributed by atoms with Gasteiger partial charge in [-0.2, -0.15) is 13.2 Å². The van der Waals surface area contributed by atoms with Crippen molar-refractivity contribution in [2.75, 3.05) is 19.8 Å². The lowest BCUT2D eigenvalue weighted by molar-refractivity contribution is -0.274. The van der Waals surface area contributed by atoms with Gasteiger partial charge in [-0.05, 0) is 67.1 Å². The summed E-state index contributed by atoms with van der Waals surface area (Å²) in [5.41, 5.74) is 4.58. The molecule has 184 valence electrons. The summed E-state index contributed by atoms with van der Waals surface area (Å²) in [7, 11) is 0. The number of benzene rings is 2. The van der Waals surface area contributed by atoms with E-state index in [0.29, 0.717) is 18.4 Å². The molecule has 0 aliphatic rings. The van der Waals surface area contributed by atoms with Crippen LogP contribution >= 0.6 is 0 Å². The molecule has 11 heteroatoms. The predicted octanol–water partition coefficient (Wildman–Crippen LogP) is 4.23. The molecule has 2 aromatic carbocycles. The van der Waals surface area contributed by atoms with Crippen LogP contribution in [0.1, 0.15) is 29.5 Å². The van der Waals surface area contributed by atoms with Crippen molar-refractivity contribution in [1.82, 2.24) is 0 Å². The summed E-state index contributed by atoms with van der Waals surface area (Å²) >= 11 is 0. The van der Waals surface area contributed by atoms with Crippen molar-refractivity contribution in [2.24, 2.45) is 5.73 Å². The van der Waals surface area contributed by atoms with E-state index in [1.807, 2.05) is 0 Å². The molecule has 5 nitrogen and oxygen atoms in total.